The molecule has 2 N–H and O–H groups in total. The first kappa shape index (κ1) is 24.9. The van der Waals surface area contributed by atoms with Gasteiger partial charge in [0.1, 0.15) is 5.37 Å². The standard InChI is InChI=1S/C20H43NO3S/c1-3-4-5-6-7-8-9-10-11-12-13-14-15-16-17-21-20(2)25(23,24)19-18-22/h20-22H,3-19H2,1-2H3. The molecule has 0 bridgehead atoms. The second kappa shape index (κ2) is 17.3. The van der Waals surface area contributed by atoms with Gasteiger partial charge in [-0.2, -0.15) is 0 Å². The van der Waals surface area contributed by atoms with E-state index in [1.807, 2.05) is 0 Å². The summed E-state index contributed by atoms with van der Waals surface area (Å²) < 4.78 is 23.4. The Morgan fingerprint density at radius 3 is 1.56 bits per heavy atom. The SMILES string of the molecule is CCCCCCCCCCCCCCCCNC(C)S(=O)(=O)CCO. The highest BCUT2D eigenvalue weighted by Crippen LogP contribution is 2.12. The highest BCUT2D eigenvalue weighted by atomic mass is 32.2. The van der Waals surface area contributed by atoms with Crippen molar-refractivity contribution in [3.05, 3.63) is 0 Å². The number of rotatable bonds is 19. The van der Waals surface area contributed by atoms with Gasteiger partial charge in [0.15, 0.2) is 9.84 Å². The topological polar surface area (TPSA) is 66.4 Å². The number of sulfone groups is 1. The summed E-state index contributed by atoms with van der Waals surface area (Å²) in [5.41, 5.74) is 0. The number of aliphatic hydroxyl groups excluding tert-OH is 1. The van der Waals surface area contributed by atoms with Crippen molar-refractivity contribution in [1.82, 2.24) is 5.32 Å². The maximum absolute atomic E-state index is 11.7. The lowest BCUT2D eigenvalue weighted by atomic mass is 10.0. The average Bonchev–Trinajstić information content (AvgIpc) is 2.58. The van der Waals surface area contributed by atoms with E-state index in [2.05, 4.69) is 12.2 Å². The van der Waals surface area contributed by atoms with Gasteiger partial charge < -0.3 is 10.4 Å². The lowest BCUT2D eigenvalue weighted by Crippen LogP contribution is -2.36. The number of unbranched alkanes of at least 4 members (excludes halogenated alkanes) is 13. The quantitative estimate of drug-likeness (QED) is 0.317. The molecule has 0 aliphatic heterocycles. The molecule has 0 radical (unpaired) electrons. The molecule has 0 aliphatic carbocycles. The van der Waals surface area contributed by atoms with Gasteiger partial charge in [-0.1, -0.05) is 90.4 Å². The van der Waals surface area contributed by atoms with E-state index in [0.29, 0.717) is 0 Å². The Morgan fingerprint density at radius 1 is 0.760 bits per heavy atom. The van der Waals surface area contributed by atoms with Crippen LogP contribution in [0.2, 0.25) is 0 Å². The van der Waals surface area contributed by atoms with E-state index in [-0.39, 0.29) is 12.4 Å². The lowest BCUT2D eigenvalue weighted by molar-refractivity contribution is 0.319. The minimum Gasteiger partial charge on any atom is -0.395 e. The Hall–Kier alpha value is -0.130. The van der Waals surface area contributed by atoms with Gasteiger partial charge in [0.05, 0.1) is 12.4 Å². The van der Waals surface area contributed by atoms with E-state index >= 15 is 0 Å². The zero-order chi connectivity index (χ0) is 18.8. The van der Waals surface area contributed by atoms with Crippen LogP contribution in [0.5, 0.6) is 0 Å². The fourth-order valence-electron chi connectivity index (χ4n) is 3.06. The zero-order valence-corrected chi connectivity index (χ0v) is 17.6. The van der Waals surface area contributed by atoms with E-state index < -0.39 is 15.2 Å². The summed E-state index contributed by atoms with van der Waals surface area (Å²) in [6, 6.07) is 0. The second-order valence-corrected chi connectivity index (χ2v) is 9.72. The molecular weight excluding hydrogens is 334 g/mol. The third-order valence-corrected chi connectivity index (χ3v) is 6.87. The van der Waals surface area contributed by atoms with Crippen molar-refractivity contribution >= 4 is 9.84 Å². The van der Waals surface area contributed by atoms with Gasteiger partial charge in [0, 0.05) is 0 Å². The minimum absolute atomic E-state index is 0.153. The van der Waals surface area contributed by atoms with Crippen LogP contribution < -0.4 is 5.32 Å². The largest absolute Gasteiger partial charge is 0.395 e. The van der Waals surface area contributed by atoms with Crippen LogP contribution in [0, 0.1) is 0 Å². The van der Waals surface area contributed by atoms with E-state index in [1.165, 1.54) is 77.0 Å². The van der Waals surface area contributed by atoms with Gasteiger partial charge in [-0.15, -0.1) is 0 Å². The van der Waals surface area contributed by atoms with E-state index in [1.54, 1.807) is 6.92 Å². The van der Waals surface area contributed by atoms with Crippen molar-refractivity contribution in [2.24, 2.45) is 0 Å². The van der Waals surface area contributed by atoms with Crippen molar-refractivity contribution < 1.29 is 13.5 Å². The molecule has 0 aromatic rings. The molecule has 0 saturated carbocycles. The summed E-state index contributed by atoms with van der Waals surface area (Å²) in [7, 11) is -3.19. The van der Waals surface area contributed by atoms with Crippen molar-refractivity contribution in [2.75, 3.05) is 18.9 Å². The van der Waals surface area contributed by atoms with Gasteiger partial charge in [-0.3, -0.25) is 0 Å². The van der Waals surface area contributed by atoms with Crippen molar-refractivity contribution in [2.45, 2.75) is 109 Å². The Balaban J connectivity index is 3.26. The van der Waals surface area contributed by atoms with Crippen LogP contribution in [0.1, 0.15) is 104 Å². The van der Waals surface area contributed by atoms with E-state index in [0.717, 1.165) is 19.4 Å². The number of aliphatic hydroxyl groups is 1. The van der Waals surface area contributed by atoms with Crippen molar-refractivity contribution in [3.8, 4) is 0 Å². The molecule has 0 rings (SSSR count). The maximum atomic E-state index is 11.7. The van der Waals surface area contributed by atoms with Crippen molar-refractivity contribution in [3.63, 3.8) is 0 Å². The first-order chi connectivity index (χ1) is 12.0. The lowest BCUT2D eigenvalue weighted by Gasteiger charge is -2.13. The molecule has 5 heteroatoms. The van der Waals surface area contributed by atoms with Gasteiger partial charge in [-0.05, 0) is 19.9 Å². The van der Waals surface area contributed by atoms with Crippen LogP contribution in [0.3, 0.4) is 0 Å². The predicted molar refractivity (Wildman–Crippen MR) is 109 cm³/mol. The summed E-state index contributed by atoms with van der Waals surface area (Å²) in [4.78, 5) is 0. The molecular formula is C20H43NO3S. The Morgan fingerprint density at radius 2 is 1.16 bits per heavy atom. The molecule has 0 aromatic carbocycles. The van der Waals surface area contributed by atoms with Crippen LogP contribution in [-0.4, -0.2) is 37.8 Å². The van der Waals surface area contributed by atoms with Crippen LogP contribution in [0.25, 0.3) is 0 Å². The molecule has 1 unspecified atom stereocenters. The molecule has 25 heavy (non-hydrogen) atoms. The minimum atomic E-state index is -3.19. The molecule has 0 aliphatic rings. The Labute approximate surface area is 157 Å². The van der Waals surface area contributed by atoms with Crippen molar-refractivity contribution in [1.29, 1.82) is 0 Å². The van der Waals surface area contributed by atoms with Gasteiger partial charge in [0.2, 0.25) is 0 Å². The zero-order valence-electron chi connectivity index (χ0n) is 16.8. The van der Waals surface area contributed by atoms with E-state index in [9.17, 15) is 8.42 Å². The first-order valence-corrected chi connectivity index (χ1v) is 12.3. The molecule has 1 atom stereocenters. The smallest absolute Gasteiger partial charge is 0.168 e. The van der Waals surface area contributed by atoms with Gasteiger partial charge in [0.25, 0.3) is 0 Å². The molecule has 152 valence electrons. The normalized spacial score (nSPS) is 13.2. The molecule has 0 aromatic heterocycles. The summed E-state index contributed by atoms with van der Waals surface area (Å²) >= 11 is 0. The van der Waals surface area contributed by atoms with Crippen LogP contribution in [0.15, 0.2) is 0 Å². The summed E-state index contributed by atoms with van der Waals surface area (Å²) in [6.45, 7) is 4.37. The highest BCUT2D eigenvalue weighted by molar-refractivity contribution is 7.91. The summed E-state index contributed by atoms with van der Waals surface area (Å²) in [6.07, 6.45) is 18.6. The number of hydrogen-bond donors (Lipinski definition) is 2. The third-order valence-electron chi connectivity index (χ3n) is 4.88. The van der Waals surface area contributed by atoms with Crippen LogP contribution >= 0.6 is 0 Å². The highest BCUT2D eigenvalue weighted by Gasteiger charge is 2.18. The van der Waals surface area contributed by atoms with E-state index in [4.69, 9.17) is 5.11 Å². The monoisotopic (exact) mass is 377 g/mol. The molecule has 0 amide bonds. The molecule has 0 heterocycles. The molecule has 4 nitrogen and oxygen atoms in total. The molecule has 0 fully saturated rings. The fraction of sp³-hybridized carbons (Fsp3) is 1.00. The van der Waals surface area contributed by atoms with Crippen LogP contribution in [-0.2, 0) is 9.84 Å². The third kappa shape index (κ3) is 15.8. The Bertz CT molecular complexity index is 371. The van der Waals surface area contributed by atoms with Gasteiger partial charge >= 0.3 is 0 Å². The Kier molecular flexibility index (Phi) is 17.2. The fourth-order valence-corrected chi connectivity index (χ4v) is 4.04. The average molecular weight is 378 g/mol. The number of hydrogen-bond acceptors (Lipinski definition) is 4. The second-order valence-electron chi connectivity index (χ2n) is 7.28. The molecule has 0 spiro atoms. The van der Waals surface area contributed by atoms with Crippen LogP contribution in [0.4, 0.5) is 0 Å². The first-order valence-electron chi connectivity index (χ1n) is 10.6. The van der Waals surface area contributed by atoms with Gasteiger partial charge in [-0.25, -0.2) is 8.42 Å². The maximum Gasteiger partial charge on any atom is 0.168 e. The molecule has 0 saturated heterocycles. The predicted octanol–water partition coefficient (Wildman–Crippen LogP) is 4.81. The summed E-state index contributed by atoms with van der Waals surface area (Å²) in [5, 5.41) is 11.2. The summed E-state index contributed by atoms with van der Waals surface area (Å²) in [5.74, 6) is -0.153. The number of nitrogens with one attached hydrogen (secondary N) is 1.